The Kier molecular flexibility index (Phi) is 6.42. The maximum absolute atomic E-state index is 13.0. The second-order valence-electron chi connectivity index (χ2n) is 8.23. The predicted molar refractivity (Wildman–Crippen MR) is 114 cm³/mol. The molecule has 160 valence electrons. The van der Waals surface area contributed by atoms with E-state index in [0.29, 0.717) is 49.8 Å². The van der Waals surface area contributed by atoms with Gasteiger partial charge in [-0.1, -0.05) is 36.0 Å². The highest BCUT2D eigenvalue weighted by molar-refractivity contribution is 7.89. The molecule has 0 spiro atoms. The van der Waals surface area contributed by atoms with Crippen LogP contribution in [-0.4, -0.2) is 73.2 Å². The van der Waals surface area contributed by atoms with Crippen LogP contribution in [0.25, 0.3) is 0 Å². The number of nitrogens with zero attached hydrogens (tertiary/aromatic N) is 3. The highest BCUT2D eigenvalue weighted by atomic mass is 35.5. The van der Waals surface area contributed by atoms with Gasteiger partial charge in [0.15, 0.2) is 0 Å². The van der Waals surface area contributed by atoms with E-state index in [1.165, 1.54) is 35.3 Å². The Bertz CT molecular complexity index is 862. The van der Waals surface area contributed by atoms with Gasteiger partial charge in [0.1, 0.15) is 0 Å². The van der Waals surface area contributed by atoms with Gasteiger partial charge in [0.05, 0.1) is 21.5 Å². The number of amides is 1. The fourth-order valence-corrected chi connectivity index (χ4v) is 6.24. The molecule has 3 fully saturated rings. The van der Waals surface area contributed by atoms with E-state index in [1.807, 2.05) is 0 Å². The Morgan fingerprint density at radius 3 is 2.17 bits per heavy atom. The van der Waals surface area contributed by atoms with Gasteiger partial charge in [-0.2, -0.15) is 4.31 Å². The maximum atomic E-state index is 13.0. The third-order valence-corrected chi connectivity index (χ3v) is 8.80. The third kappa shape index (κ3) is 4.74. The molecule has 1 amide bonds. The van der Waals surface area contributed by atoms with Crippen molar-refractivity contribution in [3.05, 3.63) is 28.2 Å². The van der Waals surface area contributed by atoms with E-state index in [2.05, 4.69) is 9.80 Å². The zero-order valence-electron chi connectivity index (χ0n) is 16.4. The Labute approximate surface area is 182 Å². The number of carbonyl (C=O) groups excluding carboxylic acids is 1. The van der Waals surface area contributed by atoms with Crippen LogP contribution in [0.2, 0.25) is 10.0 Å². The second-order valence-corrected chi connectivity index (χ2v) is 11.0. The van der Waals surface area contributed by atoms with Crippen molar-refractivity contribution in [3.8, 4) is 0 Å². The predicted octanol–water partition coefficient (Wildman–Crippen LogP) is 3.23. The average molecular weight is 460 g/mol. The summed E-state index contributed by atoms with van der Waals surface area (Å²) in [4.78, 5) is 17.3. The number of piperazine rings is 1. The van der Waals surface area contributed by atoms with Crippen molar-refractivity contribution >= 4 is 39.1 Å². The van der Waals surface area contributed by atoms with Gasteiger partial charge in [-0.25, -0.2) is 8.42 Å². The zero-order valence-corrected chi connectivity index (χ0v) is 18.7. The number of carbonyl (C=O) groups is 1. The number of halogens is 2. The highest BCUT2D eigenvalue weighted by Gasteiger charge is 2.39. The fourth-order valence-electron chi connectivity index (χ4n) is 4.43. The minimum absolute atomic E-state index is 0.151. The molecular weight excluding hydrogens is 433 g/mol. The van der Waals surface area contributed by atoms with E-state index in [1.54, 1.807) is 0 Å². The Morgan fingerprint density at radius 2 is 1.59 bits per heavy atom. The molecule has 1 aromatic rings. The summed E-state index contributed by atoms with van der Waals surface area (Å²) in [5.41, 5.74) is 0. The topological polar surface area (TPSA) is 60.9 Å². The molecule has 0 radical (unpaired) electrons. The standard InChI is InChI=1S/C20H27Cl2N3O3S/c21-18-8-7-17(13-19(18)22)29(27,28)24-11-9-23(10-12-24)14-20(26)25(16-5-6-16)15-3-1-2-4-15/h7-8,13,15-16H,1-6,9-12,14H2. The quantitative estimate of drug-likeness (QED) is 0.654. The smallest absolute Gasteiger partial charge is 0.243 e. The van der Waals surface area contributed by atoms with Gasteiger partial charge in [0.25, 0.3) is 0 Å². The minimum Gasteiger partial charge on any atom is -0.336 e. The molecule has 9 heteroatoms. The number of hydrogen-bond acceptors (Lipinski definition) is 4. The number of sulfonamides is 1. The first kappa shape index (κ1) is 21.4. The first-order valence-electron chi connectivity index (χ1n) is 10.3. The van der Waals surface area contributed by atoms with Gasteiger partial charge in [0, 0.05) is 38.3 Å². The molecule has 0 atom stereocenters. The van der Waals surface area contributed by atoms with Gasteiger partial charge < -0.3 is 4.90 Å². The Morgan fingerprint density at radius 1 is 0.966 bits per heavy atom. The van der Waals surface area contributed by atoms with Crippen LogP contribution in [0.15, 0.2) is 23.1 Å². The Hall–Kier alpha value is -0.860. The van der Waals surface area contributed by atoms with Crippen molar-refractivity contribution in [3.63, 3.8) is 0 Å². The van der Waals surface area contributed by atoms with E-state index in [9.17, 15) is 13.2 Å². The molecule has 0 aromatic heterocycles. The molecule has 0 N–H and O–H groups in total. The van der Waals surface area contributed by atoms with Crippen LogP contribution in [0.5, 0.6) is 0 Å². The monoisotopic (exact) mass is 459 g/mol. The van der Waals surface area contributed by atoms with Crippen molar-refractivity contribution in [2.45, 2.75) is 55.5 Å². The molecule has 1 saturated heterocycles. The minimum atomic E-state index is -3.62. The van der Waals surface area contributed by atoms with Gasteiger partial charge in [-0.3, -0.25) is 9.69 Å². The number of benzene rings is 1. The van der Waals surface area contributed by atoms with Crippen molar-refractivity contribution < 1.29 is 13.2 Å². The molecule has 0 bridgehead atoms. The van der Waals surface area contributed by atoms with Gasteiger partial charge in [-0.15, -0.1) is 0 Å². The summed E-state index contributed by atoms with van der Waals surface area (Å²) in [5, 5.41) is 0.556. The molecule has 29 heavy (non-hydrogen) atoms. The zero-order chi connectivity index (χ0) is 20.6. The van der Waals surface area contributed by atoms with Crippen LogP contribution < -0.4 is 0 Å². The lowest BCUT2D eigenvalue weighted by Gasteiger charge is -2.36. The molecule has 2 aliphatic carbocycles. The van der Waals surface area contributed by atoms with Crippen molar-refractivity contribution in [1.29, 1.82) is 0 Å². The molecule has 6 nitrogen and oxygen atoms in total. The molecule has 1 aromatic carbocycles. The molecule has 1 heterocycles. The lowest BCUT2D eigenvalue weighted by atomic mass is 10.2. The SMILES string of the molecule is O=C(CN1CCN(S(=O)(=O)c2ccc(Cl)c(Cl)c2)CC1)N(C1CCCC1)C1CC1. The normalized spacial score (nSPS) is 22.1. The summed E-state index contributed by atoms with van der Waals surface area (Å²) in [6.07, 6.45) is 6.92. The average Bonchev–Trinajstić information content (AvgIpc) is 3.37. The van der Waals surface area contributed by atoms with Crippen LogP contribution in [0.1, 0.15) is 38.5 Å². The van der Waals surface area contributed by atoms with Crippen LogP contribution in [0.4, 0.5) is 0 Å². The first-order valence-corrected chi connectivity index (χ1v) is 12.5. The molecule has 2 saturated carbocycles. The first-order chi connectivity index (χ1) is 13.9. The van der Waals surface area contributed by atoms with E-state index < -0.39 is 10.0 Å². The van der Waals surface area contributed by atoms with Crippen LogP contribution in [0.3, 0.4) is 0 Å². The van der Waals surface area contributed by atoms with Gasteiger partial charge >= 0.3 is 0 Å². The van der Waals surface area contributed by atoms with E-state index in [0.717, 1.165) is 25.7 Å². The van der Waals surface area contributed by atoms with Crippen LogP contribution in [-0.2, 0) is 14.8 Å². The Balaban J connectivity index is 1.35. The highest BCUT2D eigenvalue weighted by Crippen LogP contribution is 2.34. The van der Waals surface area contributed by atoms with Gasteiger partial charge in [-0.05, 0) is 43.9 Å². The summed E-state index contributed by atoms with van der Waals surface area (Å²) in [6.45, 7) is 2.21. The van der Waals surface area contributed by atoms with Crippen molar-refractivity contribution in [2.24, 2.45) is 0 Å². The van der Waals surface area contributed by atoms with Gasteiger partial charge in [0.2, 0.25) is 15.9 Å². The number of rotatable bonds is 6. The molecule has 4 rings (SSSR count). The second kappa shape index (κ2) is 8.71. The van der Waals surface area contributed by atoms with E-state index >= 15 is 0 Å². The third-order valence-electron chi connectivity index (χ3n) is 6.17. The molecule has 0 unspecified atom stereocenters. The summed E-state index contributed by atoms with van der Waals surface area (Å²) < 4.78 is 27.2. The summed E-state index contributed by atoms with van der Waals surface area (Å²) in [5.74, 6) is 0.209. The summed E-state index contributed by atoms with van der Waals surface area (Å²) in [7, 11) is -3.62. The van der Waals surface area contributed by atoms with Crippen molar-refractivity contribution in [1.82, 2.24) is 14.1 Å². The maximum Gasteiger partial charge on any atom is 0.243 e. The van der Waals surface area contributed by atoms with E-state index in [-0.39, 0.29) is 15.8 Å². The molecular formula is C20H27Cl2N3O3S. The number of hydrogen-bond donors (Lipinski definition) is 0. The fraction of sp³-hybridized carbons (Fsp3) is 0.650. The summed E-state index contributed by atoms with van der Waals surface area (Å²) >= 11 is 11.9. The lowest BCUT2D eigenvalue weighted by Crippen LogP contribution is -2.52. The lowest BCUT2D eigenvalue weighted by molar-refractivity contribution is -0.135. The van der Waals surface area contributed by atoms with Crippen LogP contribution >= 0.6 is 23.2 Å². The van der Waals surface area contributed by atoms with Crippen molar-refractivity contribution in [2.75, 3.05) is 32.7 Å². The van der Waals surface area contributed by atoms with Crippen LogP contribution in [0, 0.1) is 0 Å². The molecule has 3 aliphatic rings. The van der Waals surface area contributed by atoms with E-state index in [4.69, 9.17) is 23.2 Å². The largest absolute Gasteiger partial charge is 0.336 e. The summed E-state index contributed by atoms with van der Waals surface area (Å²) in [6, 6.07) is 5.22. The molecule has 1 aliphatic heterocycles.